The SMILES string of the molecule is CC(C)(CC/C=C/C(=O)NO)[C@@H](OC(=O)Nc1ccc2c(c1)OCO2)c1cc(I)ccc1O. The van der Waals surface area contributed by atoms with Crippen molar-refractivity contribution in [3.63, 3.8) is 0 Å². The quantitative estimate of drug-likeness (QED) is 0.155. The van der Waals surface area contributed by atoms with Crippen molar-refractivity contribution in [3.05, 3.63) is 57.7 Å². The third-order valence-electron chi connectivity index (χ3n) is 5.16. The fourth-order valence-electron chi connectivity index (χ4n) is 3.42. The lowest BCUT2D eigenvalue weighted by molar-refractivity contribution is -0.124. The van der Waals surface area contributed by atoms with E-state index < -0.39 is 23.5 Å². The maximum absolute atomic E-state index is 12.8. The summed E-state index contributed by atoms with van der Waals surface area (Å²) in [4.78, 5) is 24.0. The number of hydrogen-bond acceptors (Lipinski definition) is 7. The highest BCUT2D eigenvalue weighted by atomic mass is 127. The number of hydroxylamine groups is 1. The molecule has 0 saturated heterocycles. The zero-order valence-corrected chi connectivity index (χ0v) is 20.3. The van der Waals surface area contributed by atoms with Gasteiger partial charge < -0.3 is 19.3 Å². The molecule has 0 aromatic heterocycles. The number of hydrogen-bond donors (Lipinski definition) is 4. The highest BCUT2D eigenvalue weighted by Crippen LogP contribution is 2.44. The van der Waals surface area contributed by atoms with Crippen molar-refractivity contribution in [2.24, 2.45) is 5.41 Å². The number of amides is 2. The summed E-state index contributed by atoms with van der Waals surface area (Å²) in [5.74, 6) is 0.511. The van der Waals surface area contributed by atoms with Crippen molar-refractivity contribution in [2.45, 2.75) is 32.8 Å². The van der Waals surface area contributed by atoms with Crippen LogP contribution in [0.4, 0.5) is 10.5 Å². The second kappa shape index (κ2) is 10.8. The predicted octanol–water partition coefficient (Wildman–Crippen LogP) is 4.88. The maximum atomic E-state index is 12.8. The minimum Gasteiger partial charge on any atom is -0.508 e. The summed E-state index contributed by atoms with van der Waals surface area (Å²) in [6.45, 7) is 3.94. The second-order valence-corrected chi connectivity index (χ2v) is 9.33. The van der Waals surface area contributed by atoms with Crippen LogP contribution in [0.3, 0.4) is 0 Å². The molecular formula is C23H25IN2O7. The highest BCUT2D eigenvalue weighted by molar-refractivity contribution is 14.1. The lowest BCUT2D eigenvalue weighted by atomic mass is 9.78. The number of fused-ring (bicyclic) bond motifs is 1. The lowest BCUT2D eigenvalue weighted by Crippen LogP contribution is -2.29. The molecular weight excluding hydrogens is 543 g/mol. The van der Waals surface area contributed by atoms with E-state index in [0.29, 0.717) is 35.6 Å². The maximum Gasteiger partial charge on any atom is 0.412 e. The Morgan fingerprint density at radius 2 is 1.97 bits per heavy atom. The number of halogens is 1. The number of allylic oxidation sites excluding steroid dienone is 1. The number of ether oxygens (including phenoxy) is 3. The molecule has 2 aromatic rings. The van der Waals surface area contributed by atoms with E-state index >= 15 is 0 Å². The largest absolute Gasteiger partial charge is 0.508 e. The standard InChI is InChI=1S/C23H25IN2O7/c1-23(2,10-4-3-5-20(28)26-30)21(16-11-14(24)6-8-17(16)27)33-22(29)25-15-7-9-18-19(12-15)32-13-31-18/h3,5-9,11-12,21,27,30H,4,10,13H2,1-2H3,(H,25,29)(H,26,28)/b5-3+/t21-/m0/s1. The first-order valence-electron chi connectivity index (χ1n) is 10.2. The Labute approximate surface area is 204 Å². The molecule has 0 aliphatic carbocycles. The zero-order valence-electron chi connectivity index (χ0n) is 18.1. The molecule has 1 aliphatic heterocycles. The molecule has 0 unspecified atom stereocenters. The van der Waals surface area contributed by atoms with Gasteiger partial charge in [-0.05, 0) is 65.8 Å². The molecule has 4 N–H and O–H groups in total. The summed E-state index contributed by atoms with van der Waals surface area (Å²) < 4.78 is 17.3. The predicted molar refractivity (Wildman–Crippen MR) is 128 cm³/mol. The molecule has 1 atom stereocenters. The van der Waals surface area contributed by atoms with Crippen LogP contribution in [0.5, 0.6) is 17.2 Å². The normalized spacial score (nSPS) is 13.6. The fraction of sp³-hybridized carbons (Fsp3) is 0.304. The molecule has 0 bridgehead atoms. The number of phenolic OH excluding ortho intramolecular Hbond substituents is 1. The van der Waals surface area contributed by atoms with Gasteiger partial charge in [-0.25, -0.2) is 10.3 Å². The van der Waals surface area contributed by atoms with Gasteiger partial charge in [-0.2, -0.15) is 0 Å². The van der Waals surface area contributed by atoms with Crippen molar-refractivity contribution in [1.82, 2.24) is 5.48 Å². The van der Waals surface area contributed by atoms with Gasteiger partial charge >= 0.3 is 6.09 Å². The van der Waals surface area contributed by atoms with Crippen LogP contribution in [0.1, 0.15) is 38.4 Å². The molecule has 10 heteroatoms. The molecule has 0 saturated carbocycles. The monoisotopic (exact) mass is 568 g/mol. The Balaban J connectivity index is 1.79. The summed E-state index contributed by atoms with van der Waals surface area (Å²) >= 11 is 2.13. The summed E-state index contributed by atoms with van der Waals surface area (Å²) in [6, 6.07) is 10.1. The Bertz CT molecular complexity index is 1060. The molecule has 176 valence electrons. The molecule has 2 aromatic carbocycles. The van der Waals surface area contributed by atoms with E-state index in [4.69, 9.17) is 19.4 Å². The number of phenols is 1. The van der Waals surface area contributed by atoms with Crippen LogP contribution in [0.15, 0.2) is 48.6 Å². The van der Waals surface area contributed by atoms with Crippen LogP contribution >= 0.6 is 22.6 Å². The lowest BCUT2D eigenvalue weighted by Gasteiger charge is -2.34. The molecule has 1 heterocycles. The Kier molecular flexibility index (Phi) is 8.03. The first kappa shape index (κ1) is 24.6. The Hall–Kier alpha value is -2.99. The summed E-state index contributed by atoms with van der Waals surface area (Å²) in [5.41, 5.74) is 1.87. The third kappa shape index (κ3) is 6.51. The molecule has 2 amide bonds. The minimum absolute atomic E-state index is 0.0135. The van der Waals surface area contributed by atoms with E-state index in [-0.39, 0.29) is 12.5 Å². The van der Waals surface area contributed by atoms with Crippen molar-refractivity contribution in [3.8, 4) is 17.2 Å². The van der Waals surface area contributed by atoms with E-state index in [0.717, 1.165) is 3.57 Å². The van der Waals surface area contributed by atoms with Gasteiger partial charge in [-0.3, -0.25) is 15.3 Å². The molecule has 33 heavy (non-hydrogen) atoms. The first-order valence-corrected chi connectivity index (χ1v) is 11.2. The number of nitrogens with one attached hydrogen (secondary N) is 2. The molecule has 1 aliphatic rings. The molecule has 0 spiro atoms. The van der Waals surface area contributed by atoms with Gasteiger partial charge in [0.2, 0.25) is 6.79 Å². The number of aromatic hydroxyl groups is 1. The molecule has 0 fully saturated rings. The van der Waals surface area contributed by atoms with Crippen LogP contribution in [-0.2, 0) is 9.53 Å². The average molecular weight is 568 g/mol. The highest BCUT2D eigenvalue weighted by Gasteiger charge is 2.35. The van der Waals surface area contributed by atoms with E-state index in [1.807, 2.05) is 13.8 Å². The zero-order chi connectivity index (χ0) is 24.0. The van der Waals surface area contributed by atoms with Gasteiger partial charge in [0.05, 0.1) is 0 Å². The smallest absolute Gasteiger partial charge is 0.412 e. The fourth-order valence-corrected chi connectivity index (χ4v) is 3.94. The topological polar surface area (TPSA) is 126 Å². The van der Waals surface area contributed by atoms with Crippen LogP contribution in [0, 0.1) is 8.99 Å². The third-order valence-corrected chi connectivity index (χ3v) is 5.83. The van der Waals surface area contributed by atoms with Gasteiger partial charge in [0, 0.05) is 32.4 Å². The van der Waals surface area contributed by atoms with Gasteiger partial charge in [-0.15, -0.1) is 0 Å². The molecule has 9 nitrogen and oxygen atoms in total. The summed E-state index contributed by atoms with van der Waals surface area (Å²) in [5, 5.41) is 21.8. The van der Waals surface area contributed by atoms with Gasteiger partial charge in [-0.1, -0.05) is 19.9 Å². The summed E-state index contributed by atoms with van der Waals surface area (Å²) in [6.07, 6.45) is 2.36. The Morgan fingerprint density at radius 3 is 2.73 bits per heavy atom. The van der Waals surface area contributed by atoms with Gasteiger partial charge in [0.1, 0.15) is 11.9 Å². The van der Waals surface area contributed by atoms with E-state index in [9.17, 15) is 14.7 Å². The number of rotatable bonds is 8. The van der Waals surface area contributed by atoms with Crippen LogP contribution in [-0.4, -0.2) is 29.1 Å². The van der Waals surface area contributed by atoms with E-state index in [1.54, 1.807) is 42.5 Å². The molecule has 3 rings (SSSR count). The molecule has 0 radical (unpaired) electrons. The van der Waals surface area contributed by atoms with Crippen molar-refractivity contribution in [1.29, 1.82) is 0 Å². The first-order chi connectivity index (χ1) is 15.7. The van der Waals surface area contributed by atoms with Crippen molar-refractivity contribution >= 4 is 40.3 Å². The average Bonchev–Trinajstić information content (AvgIpc) is 3.24. The van der Waals surface area contributed by atoms with Crippen LogP contribution < -0.4 is 20.3 Å². The van der Waals surface area contributed by atoms with Crippen molar-refractivity contribution < 1.29 is 34.1 Å². The van der Waals surface area contributed by atoms with E-state index in [2.05, 4.69) is 27.9 Å². The summed E-state index contributed by atoms with van der Waals surface area (Å²) in [7, 11) is 0. The van der Waals surface area contributed by atoms with Crippen LogP contribution in [0.2, 0.25) is 0 Å². The minimum atomic E-state index is -0.790. The second-order valence-electron chi connectivity index (χ2n) is 8.09. The van der Waals surface area contributed by atoms with Crippen molar-refractivity contribution in [2.75, 3.05) is 12.1 Å². The Morgan fingerprint density at radius 1 is 1.21 bits per heavy atom. The van der Waals surface area contributed by atoms with Gasteiger partial charge in [0.15, 0.2) is 11.5 Å². The number of carbonyl (C=O) groups excluding carboxylic acids is 2. The van der Waals surface area contributed by atoms with Gasteiger partial charge in [0.25, 0.3) is 5.91 Å². The number of benzene rings is 2. The van der Waals surface area contributed by atoms with Crippen LogP contribution in [0.25, 0.3) is 0 Å². The number of carbonyl (C=O) groups is 2. The number of anilines is 1. The van der Waals surface area contributed by atoms with E-state index in [1.165, 1.54) is 11.6 Å².